The van der Waals surface area contributed by atoms with E-state index in [0.29, 0.717) is 38.0 Å². The fourth-order valence-electron chi connectivity index (χ4n) is 5.25. The van der Waals surface area contributed by atoms with Crippen molar-refractivity contribution < 1.29 is 29.3 Å². The molecule has 1 aliphatic rings. The number of carboxylic acid groups (broad SMARTS) is 1. The van der Waals surface area contributed by atoms with Gasteiger partial charge in [-0.05, 0) is 57.2 Å². The first kappa shape index (κ1) is 33.3. The molecule has 0 radical (unpaired) electrons. The minimum atomic E-state index is -0.804. The van der Waals surface area contributed by atoms with Gasteiger partial charge in [0.25, 0.3) is 0 Å². The summed E-state index contributed by atoms with van der Waals surface area (Å²) in [6.07, 6.45) is 2.31. The summed E-state index contributed by atoms with van der Waals surface area (Å²) in [4.78, 5) is 22.9. The summed E-state index contributed by atoms with van der Waals surface area (Å²) in [6.45, 7) is 0.415. The number of ether oxygens (including phenoxy) is 2. The molecule has 1 aromatic heterocycles. The molecule has 0 saturated carbocycles. The Morgan fingerprint density at radius 3 is 2.41 bits per heavy atom. The molecular weight excluding hydrogens is 606 g/mol. The van der Waals surface area contributed by atoms with Crippen LogP contribution in [0.4, 0.5) is 0 Å². The minimum Gasteiger partial charge on any atom is -0.481 e. The van der Waals surface area contributed by atoms with Gasteiger partial charge in [0.05, 0.1) is 18.8 Å². The van der Waals surface area contributed by atoms with E-state index in [0.717, 1.165) is 45.0 Å². The van der Waals surface area contributed by atoms with Crippen molar-refractivity contribution in [2.24, 2.45) is 7.05 Å². The number of rotatable bonds is 15. The first-order valence-corrected chi connectivity index (χ1v) is 16.4. The number of hydrogen-bond donors (Lipinski definition) is 3. The molecule has 0 bridgehead atoms. The van der Waals surface area contributed by atoms with Crippen LogP contribution in [0.1, 0.15) is 73.2 Å². The third kappa shape index (κ3) is 9.46. The highest BCUT2D eigenvalue weighted by atomic mass is 32.2. The average molecular weight is 646 g/mol. The first-order valence-electron chi connectivity index (χ1n) is 15.4. The predicted molar refractivity (Wildman–Crippen MR) is 172 cm³/mol. The van der Waals surface area contributed by atoms with E-state index in [1.54, 1.807) is 16.4 Å². The number of aromatic nitrogens is 4. The van der Waals surface area contributed by atoms with Gasteiger partial charge < -0.3 is 25.0 Å². The van der Waals surface area contributed by atoms with Gasteiger partial charge in [0.1, 0.15) is 0 Å². The zero-order valence-corrected chi connectivity index (χ0v) is 26.6. The van der Waals surface area contributed by atoms with Gasteiger partial charge in [-0.2, -0.15) is 0 Å². The van der Waals surface area contributed by atoms with Gasteiger partial charge in [-0.25, -0.2) is 4.68 Å². The molecule has 4 aromatic rings. The number of benzene rings is 3. The Morgan fingerprint density at radius 1 is 0.935 bits per heavy atom. The van der Waals surface area contributed by atoms with E-state index in [-0.39, 0.29) is 31.1 Å². The van der Waals surface area contributed by atoms with Crippen molar-refractivity contribution >= 4 is 23.6 Å². The Hall–Kier alpha value is -4.10. The van der Waals surface area contributed by atoms with Crippen LogP contribution in [0.15, 0.2) is 78.0 Å². The summed E-state index contributed by atoms with van der Waals surface area (Å²) in [5.41, 5.74) is 5.84. The SMILES string of the molecule is Cn1nnnc1SCC1CC(c2ccc(CO)cc2)OC(c2ccc(-c3cccc(CNC(=O)CCCCCC(=O)O)c3)cc2)O1. The van der Waals surface area contributed by atoms with Crippen LogP contribution in [0.3, 0.4) is 0 Å². The zero-order valence-electron chi connectivity index (χ0n) is 25.7. The van der Waals surface area contributed by atoms with E-state index >= 15 is 0 Å². The number of amides is 1. The van der Waals surface area contributed by atoms with Gasteiger partial charge >= 0.3 is 5.97 Å². The van der Waals surface area contributed by atoms with E-state index < -0.39 is 12.3 Å². The molecule has 46 heavy (non-hydrogen) atoms. The third-order valence-electron chi connectivity index (χ3n) is 7.82. The molecule has 5 rings (SSSR count). The summed E-state index contributed by atoms with van der Waals surface area (Å²) < 4.78 is 14.6. The molecule has 3 unspecified atom stereocenters. The van der Waals surface area contributed by atoms with Crippen LogP contribution in [0.2, 0.25) is 0 Å². The van der Waals surface area contributed by atoms with Gasteiger partial charge in [0.2, 0.25) is 11.1 Å². The Kier molecular flexibility index (Phi) is 11.9. The van der Waals surface area contributed by atoms with Crippen LogP contribution < -0.4 is 5.32 Å². The molecule has 3 N–H and O–H groups in total. The Bertz CT molecular complexity index is 1580. The van der Waals surface area contributed by atoms with Crippen LogP contribution in [0, 0.1) is 0 Å². The summed E-state index contributed by atoms with van der Waals surface area (Å²) in [5, 5.41) is 33.6. The van der Waals surface area contributed by atoms with Gasteiger partial charge in [-0.15, -0.1) is 5.10 Å². The topological polar surface area (TPSA) is 149 Å². The lowest BCUT2D eigenvalue weighted by Gasteiger charge is -2.36. The predicted octanol–water partition coefficient (Wildman–Crippen LogP) is 5.36. The number of aryl methyl sites for hydroxylation is 1. The number of nitrogens with one attached hydrogen (secondary N) is 1. The standard InChI is InChI=1S/C34H39N5O6S/c1-39-34(36-37-38-39)46-22-29-19-30(26-12-10-23(21-40)11-13-26)45-33(44-29)27-16-14-25(15-17-27)28-7-5-6-24(18-28)20-35-31(41)8-3-2-4-9-32(42)43/h5-7,10-18,29-30,33,40H,2-4,8-9,19-22H2,1H3,(H,35,41)(H,42,43). The van der Waals surface area contributed by atoms with Gasteiger partial charge in [-0.1, -0.05) is 84.9 Å². The third-order valence-corrected chi connectivity index (χ3v) is 8.96. The van der Waals surface area contributed by atoms with Crippen LogP contribution in [0.5, 0.6) is 0 Å². The summed E-state index contributed by atoms with van der Waals surface area (Å²) in [5.74, 6) is -0.183. The van der Waals surface area contributed by atoms with E-state index in [2.05, 4.69) is 26.9 Å². The quantitative estimate of drug-likeness (QED) is 0.114. The lowest BCUT2D eigenvalue weighted by molar-refractivity contribution is -0.245. The summed E-state index contributed by atoms with van der Waals surface area (Å²) in [7, 11) is 1.81. The molecule has 1 fully saturated rings. The Balaban J connectivity index is 1.22. The molecule has 1 aliphatic heterocycles. The van der Waals surface area contributed by atoms with E-state index in [9.17, 15) is 14.7 Å². The summed E-state index contributed by atoms with van der Waals surface area (Å²) >= 11 is 1.54. The van der Waals surface area contributed by atoms with E-state index in [4.69, 9.17) is 14.6 Å². The fourth-order valence-corrected chi connectivity index (χ4v) is 6.12. The van der Waals surface area contributed by atoms with Crippen LogP contribution >= 0.6 is 11.8 Å². The van der Waals surface area contributed by atoms with Crippen LogP contribution in [0.25, 0.3) is 11.1 Å². The van der Waals surface area contributed by atoms with Crippen molar-refractivity contribution in [2.75, 3.05) is 5.75 Å². The lowest BCUT2D eigenvalue weighted by atomic mass is 9.99. The molecule has 1 saturated heterocycles. The Morgan fingerprint density at radius 2 is 1.70 bits per heavy atom. The molecule has 3 atom stereocenters. The lowest BCUT2D eigenvalue weighted by Crippen LogP contribution is -2.31. The number of aliphatic hydroxyl groups is 1. The monoisotopic (exact) mass is 645 g/mol. The molecule has 1 amide bonds. The maximum atomic E-state index is 12.3. The van der Waals surface area contributed by atoms with Gasteiger partial charge in [-0.3, -0.25) is 9.59 Å². The number of tetrazole rings is 1. The van der Waals surface area contributed by atoms with Crippen molar-refractivity contribution in [3.05, 3.63) is 95.1 Å². The number of aliphatic carboxylic acids is 1. The highest BCUT2D eigenvalue weighted by molar-refractivity contribution is 7.99. The molecular formula is C34H39N5O6S. The molecule has 11 nitrogen and oxygen atoms in total. The smallest absolute Gasteiger partial charge is 0.303 e. The molecule has 2 heterocycles. The van der Waals surface area contributed by atoms with Crippen molar-refractivity contribution in [3.63, 3.8) is 0 Å². The van der Waals surface area contributed by atoms with Crippen molar-refractivity contribution in [1.29, 1.82) is 0 Å². The normalized spacial score (nSPS) is 17.9. The molecule has 0 aliphatic carbocycles. The van der Waals surface area contributed by atoms with E-state index in [1.807, 2.05) is 73.8 Å². The number of carbonyl (C=O) groups is 2. The highest BCUT2D eigenvalue weighted by Gasteiger charge is 2.32. The average Bonchev–Trinajstić information content (AvgIpc) is 3.50. The Labute approximate surface area is 272 Å². The van der Waals surface area contributed by atoms with Crippen molar-refractivity contribution in [2.45, 2.75) is 75.3 Å². The zero-order chi connectivity index (χ0) is 32.3. The number of unbranched alkanes of at least 4 members (excludes halogenated alkanes) is 2. The maximum absolute atomic E-state index is 12.3. The molecule has 242 valence electrons. The first-order chi connectivity index (χ1) is 22.4. The van der Waals surface area contributed by atoms with Crippen molar-refractivity contribution in [1.82, 2.24) is 25.5 Å². The number of hydrogen-bond acceptors (Lipinski definition) is 9. The number of aliphatic hydroxyl groups excluding tert-OH is 1. The summed E-state index contributed by atoms with van der Waals surface area (Å²) in [6, 6.07) is 24.0. The molecule has 3 aromatic carbocycles. The number of nitrogens with zero attached hydrogens (tertiary/aromatic N) is 4. The molecule has 0 spiro atoms. The second-order valence-electron chi connectivity index (χ2n) is 11.3. The fraction of sp³-hybridized carbons (Fsp3) is 0.382. The second kappa shape index (κ2) is 16.5. The van der Waals surface area contributed by atoms with Crippen molar-refractivity contribution in [3.8, 4) is 11.1 Å². The maximum Gasteiger partial charge on any atom is 0.303 e. The number of carbonyl (C=O) groups excluding carboxylic acids is 1. The van der Waals surface area contributed by atoms with Gasteiger partial charge in [0, 0.05) is 44.2 Å². The minimum absolute atomic E-state index is 0.00991. The number of carboxylic acids is 1. The highest BCUT2D eigenvalue weighted by Crippen LogP contribution is 2.39. The van der Waals surface area contributed by atoms with Gasteiger partial charge in [0.15, 0.2) is 6.29 Å². The van der Waals surface area contributed by atoms with Crippen LogP contribution in [-0.4, -0.2) is 54.2 Å². The van der Waals surface area contributed by atoms with E-state index in [1.165, 1.54) is 0 Å². The molecule has 12 heteroatoms. The number of thioether (sulfide) groups is 1. The second-order valence-corrected chi connectivity index (χ2v) is 12.3. The van der Waals surface area contributed by atoms with Crippen LogP contribution in [-0.2, 0) is 39.3 Å². The largest absolute Gasteiger partial charge is 0.481 e.